The highest BCUT2D eigenvalue weighted by atomic mass is 79.9. The van der Waals surface area contributed by atoms with E-state index in [1.54, 1.807) is 23.5 Å². The molecular formula is C16H23Br2N5O2. The summed E-state index contributed by atoms with van der Waals surface area (Å²) in [6.45, 7) is 7.10. The van der Waals surface area contributed by atoms with Crippen LogP contribution < -0.4 is 0 Å². The van der Waals surface area contributed by atoms with Crippen LogP contribution >= 0.6 is 31.9 Å². The highest BCUT2D eigenvalue weighted by Crippen LogP contribution is 2.24. The summed E-state index contributed by atoms with van der Waals surface area (Å²) in [4.78, 5) is 13.7. The zero-order valence-electron chi connectivity index (χ0n) is 14.6. The van der Waals surface area contributed by atoms with E-state index in [0.717, 1.165) is 34.9 Å². The van der Waals surface area contributed by atoms with E-state index in [1.165, 1.54) is 0 Å². The zero-order chi connectivity index (χ0) is 18.4. The molecule has 0 saturated carbocycles. The average molecular weight is 477 g/mol. The van der Waals surface area contributed by atoms with Gasteiger partial charge in [0.25, 0.3) is 0 Å². The van der Waals surface area contributed by atoms with Gasteiger partial charge in [0.1, 0.15) is 5.60 Å². The molecule has 7 nitrogen and oxygen atoms in total. The minimum atomic E-state index is -0.430. The molecule has 0 aromatic carbocycles. The van der Waals surface area contributed by atoms with E-state index in [-0.39, 0.29) is 6.09 Å². The van der Waals surface area contributed by atoms with Crippen molar-refractivity contribution in [3.05, 3.63) is 33.7 Å². The second kappa shape index (κ2) is 8.84. The number of hydrogen-bond acceptors (Lipinski definition) is 4. The molecule has 1 amide bonds. The monoisotopic (exact) mass is 475 g/mol. The van der Waals surface area contributed by atoms with Crippen molar-refractivity contribution >= 4 is 38.0 Å². The molecule has 3 heterocycles. The van der Waals surface area contributed by atoms with Crippen LogP contribution in [0.2, 0.25) is 0 Å². The van der Waals surface area contributed by atoms with Crippen LogP contribution in [-0.4, -0.2) is 49.7 Å². The summed E-state index contributed by atoms with van der Waals surface area (Å²) in [6, 6.07) is 0.366. The van der Waals surface area contributed by atoms with Crippen molar-refractivity contribution in [1.82, 2.24) is 24.9 Å². The Bertz CT molecular complexity index is 658. The Morgan fingerprint density at radius 3 is 2.32 bits per heavy atom. The van der Waals surface area contributed by atoms with Crippen LogP contribution in [0.4, 0.5) is 4.79 Å². The third kappa shape index (κ3) is 6.81. The van der Waals surface area contributed by atoms with Crippen LogP contribution in [0.3, 0.4) is 0 Å². The number of halogens is 2. The van der Waals surface area contributed by atoms with E-state index in [9.17, 15) is 4.79 Å². The SMILES string of the molecule is Brc1cn[nH]c1.CC(C)(C)OC(=O)N1CCC(n2cc(Br)cn2)CC1. The first-order chi connectivity index (χ1) is 11.7. The lowest BCUT2D eigenvalue weighted by molar-refractivity contribution is 0.0185. The van der Waals surface area contributed by atoms with Gasteiger partial charge in [0.15, 0.2) is 0 Å². The van der Waals surface area contributed by atoms with Gasteiger partial charge in [-0.2, -0.15) is 10.2 Å². The second-order valence-electron chi connectivity index (χ2n) is 6.75. The third-order valence-electron chi connectivity index (χ3n) is 3.53. The normalized spacial score (nSPS) is 15.5. The molecule has 1 aliphatic heterocycles. The molecule has 1 saturated heterocycles. The lowest BCUT2D eigenvalue weighted by atomic mass is 10.1. The van der Waals surface area contributed by atoms with Gasteiger partial charge in [-0.15, -0.1) is 0 Å². The van der Waals surface area contributed by atoms with E-state index < -0.39 is 5.60 Å². The third-order valence-corrected chi connectivity index (χ3v) is 4.37. The van der Waals surface area contributed by atoms with Gasteiger partial charge in [-0.05, 0) is 65.5 Å². The van der Waals surface area contributed by atoms with Crippen LogP contribution in [0.25, 0.3) is 0 Å². The number of ether oxygens (including phenoxy) is 1. The molecule has 2 aromatic heterocycles. The Labute approximate surface area is 164 Å². The predicted molar refractivity (Wildman–Crippen MR) is 102 cm³/mol. The van der Waals surface area contributed by atoms with Crippen LogP contribution in [0.1, 0.15) is 39.7 Å². The molecule has 0 radical (unpaired) electrons. The van der Waals surface area contributed by atoms with E-state index in [2.05, 4.69) is 47.2 Å². The summed E-state index contributed by atoms with van der Waals surface area (Å²) in [6.07, 6.45) is 8.84. The number of likely N-dealkylation sites (tertiary alicyclic amines) is 1. The fourth-order valence-corrected chi connectivity index (χ4v) is 2.90. The first-order valence-electron chi connectivity index (χ1n) is 8.06. The molecule has 138 valence electrons. The topological polar surface area (TPSA) is 76.0 Å². The number of nitrogens with one attached hydrogen (secondary N) is 1. The smallest absolute Gasteiger partial charge is 0.410 e. The highest BCUT2D eigenvalue weighted by Gasteiger charge is 2.27. The number of piperidine rings is 1. The van der Waals surface area contributed by atoms with Crippen LogP contribution in [0.5, 0.6) is 0 Å². The number of aromatic amines is 1. The number of nitrogens with zero attached hydrogens (tertiary/aromatic N) is 4. The van der Waals surface area contributed by atoms with Crippen molar-refractivity contribution in [2.75, 3.05) is 13.1 Å². The van der Waals surface area contributed by atoms with E-state index in [4.69, 9.17) is 4.74 Å². The summed E-state index contributed by atoms with van der Waals surface area (Å²) in [7, 11) is 0. The van der Waals surface area contributed by atoms with Crippen molar-refractivity contribution in [3.63, 3.8) is 0 Å². The van der Waals surface area contributed by atoms with Crippen molar-refractivity contribution in [2.24, 2.45) is 0 Å². The summed E-state index contributed by atoms with van der Waals surface area (Å²) in [5.41, 5.74) is -0.430. The summed E-state index contributed by atoms with van der Waals surface area (Å²) in [5.74, 6) is 0. The summed E-state index contributed by atoms with van der Waals surface area (Å²) in [5, 5.41) is 10.6. The Hall–Kier alpha value is -1.35. The molecular weight excluding hydrogens is 454 g/mol. The maximum Gasteiger partial charge on any atom is 0.410 e. The molecule has 0 bridgehead atoms. The molecule has 0 unspecified atom stereocenters. The number of carbonyl (C=O) groups is 1. The van der Waals surface area contributed by atoms with E-state index in [1.807, 2.05) is 31.6 Å². The van der Waals surface area contributed by atoms with E-state index in [0.29, 0.717) is 6.04 Å². The van der Waals surface area contributed by atoms with Gasteiger partial charge in [-0.25, -0.2) is 4.79 Å². The zero-order valence-corrected chi connectivity index (χ0v) is 17.7. The molecule has 1 N–H and O–H groups in total. The lowest BCUT2D eigenvalue weighted by Crippen LogP contribution is -2.42. The molecule has 3 rings (SSSR count). The van der Waals surface area contributed by atoms with Gasteiger partial charge in [-0.1, -0.05) is 0 Å². The Morgan fingerprint density at radius 1 is 1.24 bits per heavy atom. The molecule has 1 aliphatic rings. The minimum absolute atomic E-state index is 0.215. The van der Waals surface area contributed by atoms with Crippen LogP contribution in [-0.2, 0) is 4.74 Å². The van der Waals surface area contributed by atoms with Crippen LogP contribution in [0, 0.1) is 0 Å². The predicted octanol–water partition coefficient (Wildman–Crippen LogP) is 4.39. The van der Waals surface area contributed by atoms with Crippen molar-refractivity contribution in [2.45, 2.75) is 45.3 Å². The Kier molecular flexibility index (Phi) is 7.06. The van der Waals surface area contributed by atoms with Gasteiger partial charge in [-0.3, -0.25) is 9.78 Å². The lowest BCUT2D eigenvalue weighted by Gasteiger charge is -2.33. The van der Waals surface area contributed by atoms with Crippen LogP contribution in [0.15, 0.2) is 33.7 Å². The van der Waals surface area contributed by atoms with Gasteiger partial charge in [0.05, 0.1) is 27.4 Å². The first-order valence-corrected chi connectivity index (χ1v) is 9.65. The first kappa shape index (κ1) is 20.0. The van der Waals surface area contributed by atoms with Crippen molar-refractivity contribution < 1.29 is 9.53 Å². The maximum absolute atomic E-state index is 11.9. The van der Waals surface area contributed by atoms with Crippen molar-refractivity contribution in [1.29, 1.82) is 0 Å². The molecule has 2 aromatic rings. The molecule has 9 heteroatoms. The van der Waals surface area contributed by atoms with Crippen molar-refractivity contribution in [3.8, 4) is 0 Å². The standard InChI is InChI=1S/C13H20BrN3O2.C3H3BrN2/c1-13(2,3)19-12(18)16-6-4-11(5-7-16)17-9-10(14)8-15-17;4-3-1-5-6-2-3/h8-9,11H,4-7H2,1-3H3;1-2H,(H,5,6). The number of aromatic nitrogens is 4. The fourth-order valence-electron chi connectivity index (χ4n) is 2.39. The van der Waals surface area contributed by atoms with Gasteiger partial charge in [0.2, 0.25) is 0 Å². The number of hydrogen-bond donors (Lipinski definition) is 1. The maximum atomic E-state index is 11.9. The molecule has 0 spiro atoms. The van der Waals surface area contributed by atoms with Gasteiger partial charge >= 0.3 is 6.09 Å². The second-order valence-corrected chi connectivity index (χ2v) is 8.59. The Morgan fingerprint density at radius 2 is 1.92 bits per heavy atom. The average Bonchev–Trinajstić information content (AvgIpc) is 3.18. The van der Waals surface area contributed by atoms with E-state index >= 15 is 0 Å². The number of rotatable bonds is 1. The number of carbonyl (C=O) groups excluding carboxylic acids is 1. The molecule has 0 atom stereocenters. The van der Waals surface area contributed by atoms with Gasteiger partial charge < -0.3 is 9.64 Å². The quantitative estimate of drug-likeness (QED) is 0.662. The highest BCUT2D eigenvalue weighted by molar-refractivity contribution is 9.10. The summed E-state index contributed by atoms with van der Waals surface area (Å²) < 4.78 is 9.32. The molecule has 0 aliphatic carbocycles. The molecule has 25 heavy (non-hydrogen) atoms. The van der Waals surface area contributed by atoms with Gasteiger partial charge in [0, 0.05) is 25.5 Å². The summed E-state index contributed by atoms with van der Waals surface area (Å²) >= 11 is 6.59. The minimum Gasteiger partial charge on any atom is -0.444 e. The Balaban J connectivity index is 0.000000316. The number of H-pyrrole nitrogens is 1. The fraction of sp³-hybridized carbons (Fsp3) is 0.562. The molecule has 1 fully saturated rings. The largest absolute Gasteiger partial charge is 0.444 e. The number of amides is 1.